The largest absolute Gasteiger partial charge is 0.454 e. The molecule has 10 heteroatoms. The Morgan fingerprint density at radius 3 is 2.47 bits per heavy atom. The van der Waals surface area contributed by atoms with Crippen molar-refractivity contribution in [1.82, 2.24) is 10.5 Å². The van der Waals surface area contributed by atoms with Crippen molar-refractivity contribution in [1.29, 1.82) is 0 Å². The molecular formula is C22H15ClF3N3O3. The van der Waals surface area contributed by atoms with Crippen LogP contribution in [0.2, 0.25) is 5.02 Å². The van der Waals surface area contributed by atoms with Crippen LogP contribution < -0.4 is 11.1 Å². The van der Waals surface area contributed by atoms with Crippen LogP contribution in [0.1, 0.15) is 21.5 Å². The quantitative estimate of drug-likeness (QED) is 0.392. The summed E-state index contributed by atoms with van der Waals surface area (Å²) in [5, 5.41) is 6.95. The molecule has 3 N–H and O–H groups in total. The van der Waals surface area contributed by atoms with E-state index < -0.39 is 17.6 Å². The number of carbonyl (C=O) groups is 1. The zero-order valence-electron chi connectivity index (χ0n) is 16.2. The highest BCUT2D eigenvalue weighted by atomic mass is 35.5. The van der Waals surface area contributed by atoms with Gasteiger partial charge in [-0.25, -0.2) is 0 Å². The Kier molecular flexibility index (Phi) is 5.67. The lowest BCUT2D eigenvalue weighted by Crippen LogP contribution is -2.23. The van der Waals surface area contributed by atoms with Gasteiger partial charge in [0, 0.05) is 17.1 Å². The molecule has 6 nitrogen and oxygen atoms in total. The topological polar surface area (TPSA) is 94.3 Å². The third-order valence-electron chi connectivity index (χ3n) is 4.63. The summed E-state index contributed by atoms with van der Waals surface area (Å²) in [6, 6.07) is 14.8. The first-order chi connectivity index (χ1) is 15.2. The van der Waals surface area contributed by atoms with Gasteiger partial charge in [-0.05, 0) is 42.0 Å². The highest BCUT2D eigenvalue weighted by molar-refractivity contribution is 6.30. The number of furan rings is 1. The van der Waals surface area contributed by atoms with E-state index >= 15 is 0 Å². The number of nitrogens with one attached hydrogen (secondary N) is 1. The first-order valence-electron chi connectivity index (χ1n) is 9.28. The number of hydrogen-bond acceptors (Lipinski definition) is 5. The number of anilines is 1. The van der Waals surface area contributed by atoms with Gasteiger partial charge in [0.2, 0.25) is 5.88 Å². The number of nitrogens with two attached hydrogens (primary N) is 1. The van der Waals surface area contributed by atoms with E-state index in [0.29, 0.717) is 16.3 Å². The Morgan fingerprint density at radius 1 is 1.06 bits per heavy atom. The maximum atomic E-state index is 12.7. The summed E-state index contributed by atoms with van der Waals surface area (Å²) in [5.41, 5.74) is 6.27. The third kappa shape index (κ3) is 4.47. The van der Waals surface area contributed by atoms with Gasteiger partial charge in [-0.2, -0.15) is 13.2 Å². The van der Waals surface area contributed by atoms with Crippen molar-refractivity contribution in [2.45, 2.75) is 12.7 Å². The van der Waals surface area contributed by atoms with Crippen LogP contribution in [0.25, 0.3) is 22.8 Å². The number of rotatable bonds is 5. The second kappa shape index (κ2) is 8.43. The monoisotopic (exact) mass is 461 g/mol. The summed E-state index contributed by atoms with van der Waals surface area (Å²) in [4.78, 5) is 12.7. The lowest BCUT2D eigenvalue weighted by molar-refractivity contribution is -0.137. The van der Waals surface area contributed by atoms with Gasteiger partial charge in [-0.1, -0.05) is 41.0 Å². The highest BCUT2D eigenvalue weighted by Gasteiger charge is 2.30. The average Bonchev–Trinajstić information content (AvgIpc) is 3.38. The number of carbonyl (C=O) groups excluding carboxylic acids is 1. The maximum absolute atomic E-state index is 12.7. The van der Waals surface area contributed by atoms with Crippen molar-refractivity contribution in [3.8, 4) is 22.8 Å². The predicted molar refractivity (Wildman–Crippen MR) is 112 cm³/mol. The Labute approximate surface area is 184 Å². The van der Waals surface area contributed by atoms with Gasteiger partial charge >= 0.3 is 6.18 Å². The van der Waals surface area contributed by atoms with E-state index in [2.05, 4.69) is 10.5 Å². The van der Waals surface area contributed by atoms with Gasteiger partial charge in [0.05, 0.1) is 5.56 Å². The molecule has 0 fully saturated rings. The molecule has 0 saturated heterocycles. The number of benzene rings is 2. The number of hydrogen-bond donors (Lipinski definition) is 2. The molecule has 2 aromatic heterocycles. The van der Waals surface area contributed by atoms with Gasteiger partial charge in [-0.15, -0.1) is 0 Å². The minimum atomic E-state index is -4.43. The lowest BCUT2D eigenvalue weighted by Gasteiger charge is -2.08. The lowest BCUT2D eigenvalue weighted by atomic mass is 10.1. The number of nitrogens with zero attached hydrogens (tertiary/aromatic N) is 1. The maximum Gasteiger partial charge on any atom is 0.416 e. The van der Waals surface area contributed by atoms with Crippen molar-refractivity contribution in [3.05, 3.63) is 82.4 Å². The van der Waals surface area contributed by atoms with Gasteiger partial charge in [-0.3, -0.25) is 4.79 Å². The van der Waals surface area contributed by atoms with Crippen LogP contribution in [0.4, 0.5) is 19.1 Å². The molecule has 0 aliphatic heterocycles. The number of alkyl halides is 3. The van der Waals surface area contributed by atoms with Crippen molar-refractivity contribution in [3.63, 3.8) is 0 Å². The normalized spacial score (nSPS) is 11.5. The molecule has 4 aromatic rings. The summed E-state index contributed by atoms with van der Waals surface area (Å²) in [7, 11) is 0. The summed E-state index contributed by atoms with van der Waals surface area (Å²) in [5.74, 6) is -0.0785. The number of halogens is 4. The molecule has 32 heavy (non-hydrogen) atoms. The fraction of sp³-hybridized carbons (Fsp3) is 0.0909. The van der Waals surface area contributed by atoms with Crippen LogP contribution in [0.5, 0.6) is 0 Å². The smallest absolute Gasteiger partial charge is 0.416 e. The van der Waals surface area contributed by atoms with Crippen molar-refractivity contribution in [2.24, 2.45) is 0 Å². The third-order valence-corrected chi connectivity index (χ3v) is 4.86. The summed E-state index contributed by atoms with van der Waals surface area (Å²) >= 11 is 6.01. The van der Waals surface area contributed by atoms with Crippen LogP contribution in [-0.4, -0.2) is 11.1 Å². The number of amides is 1. The molecule has 0 aliphatic rings. The molecule has 0 aliphatic carbocycles. The Bertz CT molecular complexity index is 1260. The van der Waals surface area contributed by atoms with Crippen molar-refractivity contribution in [2.75, 3.05) is 5.73 Å². The minimum absolute atomic E-state index is 0.0209. The molecule has 0 spiro atoms. The Morgan fingerprint density at radius 2 is 1.78 bits per heavy atom. The molecular weight excluding hydrogens is 447 g/mol. The molecule has 4 rings (SSSR count). The van der Waals surface area contributed by atoms with E-state index in [1.807, 2.05) is 6.07 Å². The van der Waals surface area contributed by atoms with Crippen molar-refractivity contribution < 1.29 is 26.9 Å². The number of nitrogen functional groups attached to an aromatic ring is 1. The van der Waals surface area contributed by atoms with Crippen LogP contribution in [0, 0.1) is 0 Å². The second-order valence-electron chi connectivity index (χ2n) is 6.82. The predicted octanol–water partition coefficient (Wildman–Crippen LogP) is 5.79. The Balaban J connectivity index is 1.52. The molecule has 1 amide bonds. The standard InChI is InChI=1S/C22H15ClF3N3O3/c23-15-3-1-2-13(10-15)16-8-9-17(31-16)19-18(20(27)32-29-19)21(30)28-11-12-4-6-14(7-5-12)22(24,25)26/h1-10H,11,27H2,(H,28,30). The summed E-state index contributed by atoms with van der Waals surface area (Å²) < 4.78 is 48.8. The van der Waals surface area contributed by atoms with Crippen LogP contribution in [-0.2, 0) is 12.7 Å². The van der Waals surface area contributed by atoms with Crippen LogP contribution in [0.3, 0.4) is 0 Å². The second-order valence-corrected chi connectivity index (χ2v) is 7.26. The van der Waals surface area contributed by atoms with Gasteiger partial charge < -0.3 is 20.0 Å². The fourth-order valence-electron chi connectivity index (χ4n) is 3.03. The summed E-state index contributed by atoms with van der Waals surface area (Å²) in [6.45, 7) is -0.0209. The van der Waals surface area contributed by atoms with E-state index in [-0.39, 0.29) is 29.4 Å². The molecule has 0 radical (unpaired) electrons. The SMILES string of the molecule is Nc1onc(-c2ccc(-c3cccc(Cl)c3)o2)c1C(=O)NCc1ccc(C(F)(F)F)cc1. The van der Waals surface area contributed by atoms with E-state index in [4.69, 9.17) is 26.3 Å². The van der Waals surface area contributed by atoms with Gasteiger partial charge in [0.25, 0.3) is 5.91 Å². The number of aromatic nitrogens is 1. The first-order valence-corrected chi connectivity index (χ1v) is 9.66. The highest BCUT2D eigenvalue weighted by Crippen LogP contribution is 2.33. The minimum Gasteiger partial charge on any atom is -0.454 e. The van der Waals surface area contributed by atoms with Crippen molar-refractivity contribution >= 4 is 23.4 Å². The molecule has 2 aromatic carbocycles. The van der Waals surface area contributed by atoms with Crippen LogP contribution in [0.15, 0.2) is 69.6 Å². The van der Waals surface area contributed by atoms with Gasteiger partial charge in [0.1, 0.15) is 11.3 Å². The van der Waals surface area contributed by atoms with E-state index in [0.717, 1.165) is 17.7 Å². The fourth-order valence-corrected chi connectivity index (χ4v) is 3.23. The first kappa shape index (κ1) is 21.5. The van der Waals surface area contributed by atoms with E-state index in [1.54, 1.807) is 30.3 Å². The average molecular weight is 462 g/mol. The molecule has 0 unspecified atom stereocenters. The molecule has 0 bridgehead atoms. The van der Waals surface area contributed by atoms with Crippen LogP contribution >= 0.6 is 11.6 Å². The zero-order valence-corrected chi connectivity index (χ0v) is 17.0. The zero-order chi connectivity index (χ0) is 22.9. The molecule has 0 atom stereocenters. The molecule has 164 valence electrons. The van der Waals surface area contributed by atoms with E-state index in [1.165, 1.54) is 12.1 Å². The van der Waals surface area contributed by atoms with E-state index in [9.17, 15) is 18.0 Å². The Hall–Kier alpha value is -3.72. The molecule has 0 saturated carbocycles. The molecule has 2 heterocycles. The van der Waals surface area contributed by atoms with Gasteiger partial charge in [0.15, 0.2) is 11.5 Å². The summed E-state index contributed by atoms with van der Waals surface area (Å²) in [6.07, 6.45) is -4.43.